The van der Waals surface area contributed by atoms with Crippen molar-refractivity contribution in [3.8, 4) is 5.75 Å². The quantitative estimate of drug-likeness (QED) is 0.758. The lowest BCUT2D eigenvalue weighted by Gasteiger charge is -2.14. The van der Waals surface area contributed by atoms with Gasteiger partial charge in [0.25, 0.3) is 0 Å². The van der Waals surface area contributed by atoms with Crippen LogP contribution in [-0.2, 0) is 21.4 Å². The molecule has 1 amide bonds. The van der Waals surface area contributed by atoms with E-state index in [1.807, 2.05) is 0 Å². The van der Waals surface area contributed by atoms with Gasteiger partial charge in [-0.3, -0.25) is 4.79 Å². The van der Waals surface area contributed by atoms with Gasteiger partial charge in [0.05, 0.1) is 19.9 Å². The summed E-state index contributed by atoms with van der Waals surface area (Å²) >= 11 is 0. The molecule has 0 aliphatic heterocycles. The molecule has 1 heterocycles. The van der Waals surface area contributed by atoms with Crippen LogP contribution in [0.3, 0.4) is 0 Å². The first kappa shape index (κ1) is 18.8. The third-order valence-electron chi connectivity index (χ3n) is 3.39. The molecule has 0 radical (unpaired) electrons. The number of hydrogen-bond acceptors (Lipinski definition) is 5. The Hall–Kier alpha value is -2.58. The van der Waals surface area contributed by atoms with Crippen molar-refractivity contribution in [3.05, 3.63) is 54.0 Å². The Morgan fingerprint density at radius 1 is 1.32 bits per heavy atom. The highest BCUT2D eigenvalue weighted by Crippen LogP contribution is 2.27. The predicted octanol–water partition coefficient (Wildman–Crippen LogP) is 1.87. The SMILES string of the molecule is COc1ccc(/C=C/C(=O)NCc2ccco2)cc1S(=O)(=O)N(C)C. The number of methoxy groups -OCH3 is 1. The van der Waals surface area contributed by atoms with E-state index in [9.17, 15) is 13.2 Å². The highest BCUT2D eigenvalue weighted by Gasteiger charge is 2.22. The van der Waals surface area contributed by atoms with Crippen LogP contribution >= 0.6 is 0 Å². The molecule has 0 atom stereocenters. The standard InChI is InChI=1S/C17H20N2O5S/c1-19(2)25(21,22)16-11-13(6-8-15(16)23-3)7-9-17(20)18-12-14-5-4-10-24-14/h4-11H,12H2,1-3H3,(H,18,20)/b9-7+. The van der Waals surface area contributed by atoms with E-state index >= 15 is 0 Å². The van der Waals surface area contributed by atoms with Crippen LogP contribution < -0.4 is 10.1 Å². The van der Waals surface area contributed by atoms with Crippen molar-refractivity contribution in [2.75, 3.05) is 21.2 Å². The molecule has 7 nitrogen and oxygen atoms in total. The maximum Gasteiger partial charge on any atom is 0.246 e. The van der Waals surface area contributed by atoms with Gasteiger partial charge in [-0.2, -0.15) is 0 Å². The summed E-state index contributed by atoms with van der Waals surface area (Å²) < 4.78 is 36.1. The van der Waals surface area contributed by atoms with Gasteiger partial charge in [-0.05, 0) is 35.9 Å². The molecule has 2 rings (SSSR count). The fourth-order valence-corrected chi connectivity index (χ4v) is 3.10. The van der Waals surface area contributed by atoms with E-state index in [0.29, 0.717) is 11.3 Å². The molecule has 0 aliphatic carbocycles. The van der Waals surface area contributed by atoms with Gasteiger partial charge in [-0.1, -0.05) is 6.07 Å². The Bertz CT molecular complexity index is 855. The zero-order valence-corrected chi connectivity index (χ0v) is 15.0. The fraction of sp³-hybridized carbons (Fsp3) is 0.235. The molecule has 0 spiro atoms. The molecular weight excluding hydrogens is 344 g/mol. The van der Waals surface area contributed by atoms with Crippen LogP contribution in [-0.4, -0.2) is 39.8 Å². The van der Waals surface area contributed by atoms with E-state index in [1.165, 1.54) is 45.7 Å². The first-order valence-corrected chi connectivity index (χ1v) is 8.87. The first-order chi connectivity index (χ1) is 11.8. The highest BCUT2D eigenvalue weighted by molar-refractivity contribution is 7.89. The number of amides is 1. The van der Waals surface area contributed by atoms with Gasteiger partial charge in [-0.15, -0.1) is 0 Å². The molecule has 0 unspecified atom stereocenters. The van der Waals surface area contributed by atoms with E-state index in [4.69, 9.17) is 9.15 Å². The van der Waals surface area contributed by atoms with Gasteiger partial charge in [0, 0.05) is 20.2 Å². The molecule has 134 valence electrons. The maximum atomic E-state index is 12.4. The number of nitrogens with zero attached hydrogens (tertiary/aromatic N) is 1. The minimum Gasteiger partial charge on any atom is -0.495 e. The monoisotopic (exact) mass is 364 g/mol. The molecule has 1 aromatic heterocycles. The van der Waals surface area contributed by atoms with Crippen molar-refractivity contribution in [3.63, 3.8) is 0 Å². The maximum absolute atomic E-state index is 12.4. The minimum atomic E-state index is -3.66. The molecule has 0 fully saturated rings. The summed E-state index contributed by atoms with van der Waals surface area (Å²) in [5, 5.41) is 2.67. The van der Waals surface area contributed by atoms with Crippen molar-refractivity contribution >= 4 is 22.0 Å². The Labute approximate surface area is 146 Å². The number of carbonyl (C=O) groups excluding carboxylic acids is 1. The number of ether oxygens (including phenoxy) is 1. The summed E-state index contributed by atoms with van der Waals surface area (Å²) in [4.78, 5) is 11.9. The summed E-state index contributed by atoms with van der Waals surface area (Å²) in [7, 11) is 0.633. The lowest BCUT2D eigenvalue weighted by Crippen LogP contribution is -2.22. The lowest BCUT2D eigenvalue weighted by atomic mass is 10.2. The molecule has 8 heteroatoms. The average Bonchev–Trinajstić information content (AvgIpc) is 3.11. The van der Waals surface area contributed by atoms with Gasteiger partial charge in [0.15, 0.2) is 0 Å². The van der Waals surface area contributed by atoms with Crippen molar-refractivity contribution in [1.82, 2.24) is 9.62 Å². The number of rotatable bonds is 7. The van der Waals surface area contributed by atoms with Crippen molar-refractivity contribution < 1.29 is 22.4 Å². The third kappa shape index (κ3) is 4.71. The predicted molar refractivity (Wildman–Crippen MR) is 93.5 cm³/mol. The van der Waals surface area contributed by atoms with Crippen LogP contribution in [0.2, 0.25) is 0 Å². The summed E-state index contributed by atoms with van der Waals surface area (Å²) in [5.74, 6) is 0.572. The number of nitrogens with one attached hydrogen (secondary N) is 1. The molecule has 0 bridgehead atoms. The molecule has 1 N–H and O–H groups in total. The van der Waals surface area contributed by atoms with Crippen LogP contribution in [0.25, 0.3) is 6.08 Å². The number of carbonyl (C=O) groups is 1. The van der Waals surface area contributed by atoms with Gasteiger partial charge in [-0.25, -0.2) is 12.7 Å². The van der Waals surface area contributed by atoms with Crippen LogP contribution in [0.5, 0.6) is 5.75 Å². The van der Waals surface area contributed by atoms with E-state index < -0.39 is 10.0 Å². The summed E-state index contributed by atoms with van der Waals surface area (Å²) in [6, 6.07) is 8.18. The van der Waals surface area contributed by atoms with E-state index in [-0.39, 0.29) is 23.1 Å². The van der Waals surface area contributed by atoms with Crippen LogP contribution in [0.15, 0.2) is 52.0 Å². The average molecular weight is 364 g/mol. The summed E-state index contributed by atoms with van der Waals surface area (Å²) in [5.41, 5.74) is 0.564. The molecule has 0 saturated heterocycles. The van der Waals surface area contributed by atoms with Crippen molar-refractivity contribution in [1.29, 1.82) is 0 Å². The molecule has 0 aliphatic rings. The fourth-order valence-electron chi connectivity index (χ4n) is 2.01. The lowest BCUT2D eigenvalue weighted by molar-refractivity contribution is -0.116. The minimum absolute atomic E-state index is 0.0399. The summed E-state index contributed by atoms with van der Waals surface area (Å²) in [6.45, 7) is 0.277. The topological polar surface area (TPSA) is 88.8 Å². The number of furan rings is 1. The van der Waals surface area contributed by atoms with Gasteiger partial charge in [0.1, 0.15) is 16.4 Å². The second kappa shape index (κ2) is 8.00. The number of benzene rings is 1. The van der Waals surface area contributed by atoms with E-state index in [0.717, 1.165) is 4.31 Å². The number of sulfonamides is 1. The molecule has 0 saturated carbocycles. The number of hydrogen-bond donors (Lipinski definition) is 1. The molecule has 25 heavy (non-hydrogen) atoms. The largest absolute Gasteiger partial charge is 0.495 e. The zero-order valence-electron chi connectivity index (χ0n) is 14.2. The Kier molecular flexibility index (Phi) is 6.00. The highest BCUT2D eigenvalue weighted by atomic mass is 32.2. The Morgan fingerprint density at radius 3 is 2.68 bits per heavy atom. The van der Waals surface area contributed by atoms with E-state index in [2.05, 4.69) is 5.32 Å². The Balaban J connectivity index is 2.15. The zero-order chi connectivity index (χ0) is 18.4. The molecule has 2 aromatic rings. The van der Waals surface area contributed by atoms with Crippen LogP contribution in [0.1, 0.15) is 11.3 Å². The van der Waals surface area contributed by atoms with Gasteiger partial charge < -0.3 is 14.5 Å². The smallest absolute Gasteiger partial charge is 0.246 e. The normalized spacial score (nSPS) is 11.8. The third-order valence-corrected chi connectivity index (χ3v) is 5.23. The van der Waals surface area contributed by atoms with Crippen molar-refractivity contribution in [2.24, 2.45) is 0 Å². The summed E-state index contributed by atoms with van der Waals surface area (Å²) in [6.07, 6.45) is 4.39. The second-order valence-electron chi connectivity index (χ2n) is 5.33. The Morgan fingerprint density at radius 2 is 2.08 bits per heavy atom. The van der Waals surface area contributed by atoms with Gasteiger partial charge >= 0.3 is 0 Å². The second-order valence-corrected chi connectivity index (χ2v) is 7.45. The molecular formula is C17H20N2O5S. The van der Waals surface area contributed by atoms with Crippen molar-refractivity contribution in [2.45, 2.75) is 11.4 Å². The van der Waals surface area contributed by atoms with E-state index in [1.54, 1.807) is 24.3 Å². The van der Waals surface area contributed by atoms with Gasteiger partial charge in [0.2, 0.25) is 15.9 Å². The van der Waals surface area contributed by atoms with Crippen LogP contribution in [0.4, 0.5) is 0 Å². The van der Waals surface area contributed by atoms with Crippen LogP contribution in [0, 0.1) is 0 Å². The molecule has 1 aromatic carbocycles. The first-order valence-electron chi connectivity index (χ1n) is 7.43.